The standard InChI is InChI=1S/C24H26N8OS/c25-22-19(24-31-30-23(34-24)15-3-1-2-4-15)11-20-21(29-22)10-17(13-27-20)28-16-9-18(14-26-12-16)32-5-7-33-8-6-32/h9-15,28H,1-8H2,(H2,25,29). The largest absolute Gasteiger partial charge is 0.383 e. The van der Waals surface area contributed by atoms with Crippen molar-refractivity contribution in [1.82, 2.24) is 25.1 Å². The van der Waals surface area contributed by atoms with Gasteiger partial charge in [-0.1, -0.05) is 24.2 Å². The van der Waals surface area contributed by atoms with Crippen LogP contribution in [0.15, 0.2) is 36.8 Å². The van der Waals surface area contributed by atoms with E-state index in [-0.39, 0.29) is 0 Å². The van der Waals surface area contributed by atoms with Crippen LogP contribution in [-0.2, 0) is 4.74 Å². The number of rotatable bonds is 5. The Morgan fingerprint density at radius 2 is 1.79 bits per heavy atom. The minimum atomic E-state index is 0.441. The third kappa shape index (κ3) is 4.26. The van der Waals surface area contributed by atoms with E-state index in [0.29, 0.717) is 11.7 Å². The Hall–Kier alpha value is -3.37. The molecule has 174 valence electrons. The summed E-state index contributed by atoms with van der Waals surface area (Å²) in [6, 6.07) is 6.00. The first-order valence-corrected chi connectivity index (χ1v) is 12.5. The van der Waals surface area contributed by atoms with Gasteiger partial charge in [-0.15, -0.1) is 10.2 Å². The SMILES string of the molecule is Nc1nc2cc(Nc3cncc(N4CCOCC4)c3)cnc2cc1-c1nnc(C2CCCC2)s1. The van der Waals surface area contributed by atoms with Gasteiger partial charge in [-0.2, -0.15) is 0 Å². The van der Waals surface area contributed by atoms with Crippen LogP contribution in [0.5, 0.6) is 0 Å². The predicted molar refractivity (Wildman–Crippen MR) is 135 cm³/mol. The summed E-state index contributed by atoms with van der Waals surface area (Å²) >= 11 is 1.62. The fraction of sp³-hybridized carbons (Fsp3) is 0.375. The van der Waals surface area contributed by atoms with Gasteiger partial charge < -0.3 is 20.7 Å². The van der Waals surface area contributed by atoms with E-state index in [0.717, 1.165) is 70.0 Å². The van der Waals surface area contributed by atoms with Crippen LogP contribution in [-0.4, -0.2) is 51.5 Å². The lowest BCUT2D eigenvalue weighted by atomic mass is 10.1. The van der Waals surface area contributed by atoms with Gasteiger partial charge in [-0.25, -0.2) is 4.98 Å². The number of pyridine rings is 3. The van der Waals surface area contributed by atoms with Gasteiger partial charge in [-0.05, 0) is 31.0 Å². The highest BCUT2D eigenvalue weighted by molar-refractivity contribution is 7.14. The maximum atomic E-state index is 6.34. The number of nitrogen functional groups attached to an aromatic ring is 1. The predicted octanol–water partition coefficient (Wildman–Crippen LogP) is 4.36. The molecule has 0 amide bonds. The molecule has 2 aliphatic rings. The topological polar surface area (TPSA) is 115 Å². The van der Waals surface area contributed by atoms with Crippen molar-refractivity contribution in [1.29, 1.82) is 0 Å². The summed E-state index contributed by atoms with van der Waals surface area (Å²) in [5, 5.41) is 14.1. The summed E-state index contributed by atoms with van der Waals surface area (Å²) in [5.74, 6) is 0.973. The van der Waals surface area contributed by atoms with Gasteiger partial charge >= 0.3 is 0 Å². The first-order chi connectivity index (χ1) is 16.7. The Kier molecular flexibility index (Phi) is 5.68. The first kappa shape index (κ1) is 21.2. The van der Waals surface area contributed by atoms with Crippen LogP contribution in [0.3, 0.4) is 0 Å². The number of aromatic nitrogens is 5. The van der Waals surface area contributed by atoms with E-state index in [1.165, 1.54) is 25.7 Å². The van der Waals surface area contributed by atoms with E-state index in [1.54, 1.807) is 23.7 Å². The number of nitrogens with two attached hydrogens (primary N) is 1. The van der Waals surface area contributed by atoms with E-state index in [4.69, 9.17) is 10.5 Å². The summed E-state index contributed by atoms with van der Waals surface area (Å²) < 4.78 is 5.45. The summed E-state index contributed by atoms with van der Waals surface area (Å²) in [5.41, 5.74) is 11.4. The van der Waals surface area contributed by atoms with Gasteiger partial charge in [0, 0.05) is 19.0 Å². The molecule has 4 aromatic heterocycles. The lowest BCUT2D eigenvalue weighted by Gasteiger charge is -2.28. The fourth-order valence-corrected chi connectivity index (χ4v) is 5.68. The molecule has 1 saturated carbocycles. The Bertz CT molecular complexity index is 1310. The molecular formula is C24H26N8OS. The van der Waals surface area contributed by atoms with Crippen molar-refractivity contribution >= 4 is 45.3 Å². The van der Waals surface area contributed by atoms with Crippen LogP contribution in [0, 0.1) is 0 Å². The van der Waals surface area contributed by atoms with Crippen molar-refractivity contribution in [2.75, 3.05) is 42.3 Å². The second-order valence-electron chi connectivity index (χ2n) is 8.77. The van der Waals surface area contributed by atoms with E-state index in [1.807, 2.05) is 18.3 Å². The normalized spacial score (nSPS) is 16.9. The maximum Gasteiger partial charge on any atom is 0.151 e. The average molecular weight is 475 g/mol. The number of hydrogen-bond acceptors (Lipinski definition) is 10. The molecule has 0 unspecified atom stereocenters. The van der Waals surface area contributed by atoms with Crippen molar-refractivity contribution < 1.29 is 4.74 Å². The minimum absolute atomic E-state index is 0.441. The number of fused-ring (bicyclic) bond motifs is 1. The molecule has 0 bridgehead atoms. The third-order valence-electron chi connectivity index (χ3n) is 6.46. The van der Waals surface area contributed by atoms with Crippen molar-refractivity contribution in [2.24, 2.45) is 0 Å². The molecule has 1 aliphatic carbocycles. The quantitative estimate of drug-likeness (QED) is 0.435. The molecule has 4 aromatic rings. The highest BCUT2D eigenvalue weighted by Crippen LogP contribution is 2.39. The fourth-order valence-electron chi connectivity index (χ4n) is 4.64. The monoisotopic (exact) mass is 474 g/mol. The molecule has 0 atom stereocenters. The summed E-state index contributed by atoms with van der Waals surface area (Å²) in [7, 11) is 0. The Morgan fingerprint density at radius 1 is 0.971 bits per heavy atom. The third-order valence-corrected chi connectivity index (χ3v) is 7.58. The van der Waals surface area contributed by atoms with Gasteiger partial charge in [0.05, 0.1) is 65.5 Å². The minimum Gasteiger partial charge on any atom is -0.383 e. The van der Waals surface area contributed by atoms with Crippen LogP contribution < -0.4 is 16.0 Å². The molecule has 6 rings (SSSR count). The Morgan fingerprint density at radius 3 is 2.65 bits per heavy atom. The summed E-state index contributed by atoms with van der Waals surface area (Å²) in [4.78, 5) is 15.9. The zero-order valence-electron chi connectivity index (χ0n) is 18.8. The Balaban J connectivity index is 1.24. The number of hydrogen-bond donors (Lipinski definition) is 2. The van der Waals surface area contributed by atoms with Crippen LogP contribution >= 0.6 is 11.3 Å². The maximum absolute atomic E-state index is 6.34. The molecule has 0 aromatic carbocycles. The molecule has 0 spiro atoms. The van der Waals surface area contributed by atoms with Crippen LogP contribution in [0.25, 0.3) is 21.6 Å². The van der Waals surface area contributed by atoms with Crippen molar-refractivity contribution in [3.8, 4) is 10.6 Å². The average Bonchev–Trinajstić information content (AvgIpc) is 3.57. The number of morpholine rings is 1. The van der Waals surface area contributed by atoms with Gasteiger partial charge in [0.25, 0.3) is 0 Å². The van der Waals surface area contributed by atoms with Crippen LogP contribution in [0.4, 0.5) is 22.9 Å². The zero-order valence-corrected chi connectivity index (χ0v) is 19.6. The van der Waals surface area contributed by atoms with Crippen molar-refractivity contribution in [3.63, 3.8) is 0 Å². The second kappa shape index (κ2) is 9.11. The zero-order chi connectivity index (χ0) is 22.9. The van der Waals surface area contributed by atoms with Gasteiger partial charge in [0.2, 0.25) is 0 Å². The van der Waals surface area contributed by atoms with E-state index >= 15 is 0 Å². The Labute approximate surface area is 201 Å². The number of nitrogens with one attached hydrogen (secondary N) is 1. The summed E-state index contributed by atoms with van der Waals surface area (Å²) in [6.07, 6.45) is 10.4. The molecule has 3 N–H and O–H groups in total. The number of nitrogens with zero attached hydrogens (tertiary/aromatic N) is 6. The molecule has 1 saturated heterocycles. The summed E-state index contributed by atoms with van der Waals surface area (Å²) in [6.45, 7) is 3.20. The molecule has 1 aliphatic heterocycles. The van der Waals surface area contributed by atoms with Crippen LogP contribution in [0.1, 0.15) is 36.6 Å². The lowest BCUT2D eigenvalue weighted by Crippen LogP contribution is -2.36. The highest BCUT2D eigenvalue weighted by Gasteiger charge is 2.22. The van der Waals surface area contributed by atoms with E-state index in [9.17, 15) is 0 Å². The molecule has 34 heavy (non-hydrogen) atoms. The van der Waals surface area contributed by atoms with Gasteiger partial charge in [0.15, 0.2) is 5.01 Å². The molecular weight excluding hydrogens is 448 g/mol. The van der Waals surface area contributed by atoms with E-state index < -0.39 is 0 Å². The molecule has 5 heterocycles. The van der Waals surface area contributed by atoms with Gasteiger partial charge in [-0.3, -0.25) is 9.97 Å². The van der Waals surface area contributed by atoms with Crippen LogP contribution in [0.2, 0.25) is 0 Å². The first-order valence-electron chi connectivity index (χ1n) is 11.7. The highest BCUT2D eigenvalue weighted by atomic mass is 32.1. The van der Waals surface area contributed by atoms with Crippen molar-refractivity contribution in [3.05, 3.63) is 41.8 Å². The number of ether oxygens (including phenoxy) is 1. The lowest BCUT2D eigenvalue weighted by molar-refractivity contribution is 0.122. The number of anilines is 4. The molecule has 10 heteroatoms. The molecule has 9 nitrogen and oxygen atoms in total. The van der Waals surface area contributed by atoms with Crippen molar-refractivity contribution in [2.45, 2.75) is 31.6 Å². The van der Waals surface area contributed by atoms with Gasteiger partial charge in [0.1, 0.15) is 10.8 Å². The smallest absolute Gasteiger partial charge is 0.151 e. The second-order valence-corrected chi connectivity index (χ2v) is 9.78. The molecule has 0 radical (unpaired) electrons. The molecule has 2 fully saturated rings. The van der Waals surface area contributed by atoms with E-state index in [2.05, 4.69) is 41.4 Å².